The van der Waals surface area contributed by atoms with Crippen LogP contribution in [0.2, 0.25) is 0 Å². The van der Waals surface area contributed by atoms with E-state index in [9.17, 15) is 9.59 Å². The topological polar surface area (TPSA) is 86.2 Å². The van der Waals surface area contributed by atoms with E-state index in [2.05, 4.69) is 6.58 Å². The highest BCUT2D eigenvalue weighted by Crippen LogP contribution is 1.99. The van der Waals surface area contributed by atoms with Gasteiger partial charge in [-0.05, 0) is 18.9 Å². The summed E-state index contributed by atoms with van der Waals surface area (Å²) in [6.07, 6.45) is 2.50. The molecule has 4 N–H and O–H groups in total. The Hall–Kier alpha value is -1.16. The molecule has 0 aliphatic rings. The van der Waals surface area contributed by atoms with Gasteiger partial charge in [-0.1, -0.05) is 6.58 Å². The monoisotopic (exact) mass is 170 g/mol. The molecule has 1 amide bonds. The van der Waals surface area contributed by atoms with E-state index in [1.54, 1.807) is 0 Å². The lowest BCUT2D eigenvalue weighted by molar-refractivity contribution is -0.119. The normalized spacial score (nSPS) is 12.1. The number of hydrogen-bond donors (Lipinski definition) is 2. The van der Waals surface area contributed by atoms with E-state index in [1.807, 2.05) is 0 Å². The van der Waals surface area contributed by atoms with Crippen LogP contribution in [0, 0.1) is 0 Å². The second-order valence-electron chi connectivity index (χ2n) is 2.57. The fraction of sp³-hybridized carbons (Fsp3) is 0.500. The van der Waals surface area contributed by atoms with Crippen molar-refractivity contribution < 1.29 is 9.59 Å². The van der Waals surface area contributed by atoms with Crippen molar-refractivity contribution in [3.05, 3.63) is 12.7 Å². The Morgan fingerprint density at radius 1 is 1.50 bits per heavy atom. The first kappa shape index (κ1) is 10.8. The Morgan fingerprint density at radius 2 is 2.08 bits per heavy atom. The molecule has 0 radical (unpaired) electrons. The van der Waals surface area contributed by atoms with Crippen molar-refractivity contribution in [3.63, 3.8) is 0 Å². The summed E-state index contributed by atoms with van der Waals surface area (Å²) in [7, 11) is 0. The fourth-order valence-electron chi connectivity index (χ4n) is 0.790. The Kier molecular flexibility index (Phi) is 4.96. The van der Waals surface area contributed by atoms with E-state index in [-0.39, 0.29) is 18.1 Å². The van der Waals surface area contributed by atoms with E-state index >= 15 is 0 Å². The van der Waals surface area contributed by atoms with Crippen molar-refractivity contribution >= 4 is 11.7 Å². The standard InChI is InChI=1S/C8H14N2O2/c1-2-7(11)6(9)4-3-5-8(10)12/h2,6H,1,3-5,9H2,(H2,10,12). The van der Waals surface area contributed by atoms with Gasteiger partial charge in [0, 0.05) is 6.42 Å². The molecule has 0 fully saturated rings. The van der Waals surface area contributed by atoms with Crippen LogP contribution < -0.4 is 11.5 Å². The molecule has 12 heavy (non-hydrogen) atoms. The number of nitrogens with two attached hydrogens (primary N) is 2. The molecule has 0 aliphatic carbocycles. The van der Waals surface area contributed by atoms with Crippen molar-refractivity contribution in [2.45, 2.75) is 25.3 Å². The SMILES string of the molecule is C=CC(=O)C(N)CCCC(N)=O. The molecule has 1 unspecified atom stereocenters. The van der Waals surface area contributed by atoms with Gasteiger partial charge in [0.2, 0.25) is 5.91 Å². The van der Waals surface area contributed by atoms with Crippen LogP contribution in [0.1, 0.15) is 19.3 Å². The molecule has 0 spiro atoms. The smallest absolute Gasteiger partial charge is 0.217 e. The zero-order valence-electron chi connectivity index (χ0n) is 6.95. The lowest BCUT2D eigenvalue weighted by atomic mass is 10.1. The highest BCUT2D eigenvalue weighted by atomic mass is 16.1. The number of carbonyl (C=O) groups excluding carboxylic acids is 2. The molecule has 68 valence electrons. The summed E-state index contributed by atoms with van der Waals surface area (Å²) in [6.45, 7) is 3.30. The highest BCUT2D eigenvalue weighted by Gasteiger charge is 2.09. The van der Waals surface area contributed by atoms with Crippen LogP contribution in [0.4, 0.5) is 0 Å². The zero-order chi connectivity index (χ0) is 9.56. The summed E-state index contributed by atoms with van der Waals surface area (Å²) < 4.78 is 0. The predicted molar refractivity (Wildman–Crippen MR) is 46.2 cm³/mol. The summed E-state index contributed by atoms with van der Waals surface area (Å²) >= 11 is 0. The quantitative estimate of drug-likeness (QED) is 0.538. The van der Waals surface area contributed by atoms with E-state index in [1.165, 1.54) is 6.08 Å². The highest BCUT2D eigenvalue weighted by molar-refractivity contribution is 5.93. The average molecular weight is 170 g/mol. The Bertz CT molecular complexity index is 189. The van der Waals surface area contributed by atoms with Gasteiger partial charge in [-0.15, -0.1) is 0 Å². The van der Waals surface area contributed by atoms with E-state index < -0.39 is 6.04 Å². The predicted octanol–water partition coefficient (Wildman–Crippen LogP) is -0.276. The van der Waals surface area contributed by atoms with Gasteiger partial charge in [-0.2, -0.15) is 0 Å². The maximum atomic E-state index is 10.8. The number of rotatable bonds is 6. The minimum absolute atomic E-state index is 0.195. The number of carbonyl (C=O) groups is 2. The number of hydrogen-bond acceptors (Lipinski definition) is 3. The summed E-state index contributed by atoms with van der Waals surface area (Å²) in [5.74, 6) is -0.562. The van der Waals surface area contributed by atoms with Crippen molar-refractivity contribution in [2.24, 2.45) is 11.5 Å². The molecule has 0 heterocycles. The third-order valence-electron chi connectivity index (χ3n) is 1.50. The molecule has 0 saturated heterocycles. The molecule has 0 saturated carbocycles. The molecule has 0 aromatic heterocycles. The van der Waals surface area contributed by atoms with E-state index in [4.69, 9.17) is 11.5 Å². The lowest BCUT2D eigenvalue weighted by Crippen LogP contribution is -2.29. The maximum absolute atomic E-state index is 10.8. The van der Waals surface area contributed by atoms with E-state index in [0.717, 1.165) is 0 Å². The van der Waals surface area contributed by atoms with Crippen molar-refractivity contribution in [3.8, 4) is 0 Å². The Balaban J connectivity index is 3.56. The van der Waals surface area contributed by atoms with Gasteiger partial charge in [-0.3, -0.25) is 9.59 Å². The number of ketones is 1. The summed E-state index contributed by atoms with van der Waals surface area (Å²) in [5, 5.41) is 0. The van der Waals surface area contributed by atoms with Gasteiger partial charge in [-0.25, -0.2) is 0 Å². The third-order valence-corrected chi connectivity index (χ3v) is 1.50. The van der Waals surface area contributed by atoms with Crippen LogP contribution in [-0.4, -0.2) is 17.7 Å². The molecular weight excluding hydrogens is 156 g/mol. The van der Waals surface area contributed by atoms with Crippen molar-refractivity contribution in [1.82, 2.24) is 0 Å². The first-order valence-corrected chi connectivity index (χ1v) is 3.78. The minimum atomic E-state index is -0.540. The molecule has 1 atom stereocenters. The Labute approximate surface area is 71.6 Å². The van der Waals surface area contributed by atoms with Crippen LogP contribution in [-0.2, 0) is 9.59 Å². The number of primary amides is 1. The second-order valence-corrected chi connectivity index (χ2v) is 2.57. The lowest BCUT2D eigenvalue weighted by Gasteiger charge is -2.05. The van der Waals surface area contributed by atoms with Gasteiger partial charge in [0.25, 0.3) is 0 Å². The van der Waals surface area contributed by atoms with Crippen molar-refractivity contribution in [1.29, 1.82) is 0 Å². The van der Waals surface area contributed by atoms with Crippen LogP contribution >= 0.6 is 0 Å². The van der Waals surface area contributed by atoms with Gasteiger partial charge >= 0.3 is 0 Å². The third kappa shape index (κ3) is 4.62. The molecule has 0 aromatic rings. The Morgan fingerprint density at radius 3 is 2.50 bits per heavy atom. The van der Waals surface area contributed by atoms with Crippen LogP contribution in [0.15, 0.2) is 12.7 Å². The van der Waals surface area contributed by atoms with Crippen LogP contribution in [0.25, 0.3) is 0 Å². The first-order chi connectivity index (χ1) is 5.57. The van der Waals surface area contributed by atoms with E-state index in [0.29, 0.717) is 12.8 Å². The van der Waals surface area contributed by atoms with Gasteiger partial charge < -0.3 is 11.5 Å². The molecule has 0 bridgehead atoms. The van der Waals surface area contributed by atoms with Crippen LogP contribution in [0.5, 0.6) is 0 Å². The van der Waals surface area contributed by atoms with Crippen molar-refractivity contribution in [2.75, 3.05) is 0 Å². The summed E-state index contributed by atoms with van der Waals surface area (Å²) in [4.78, 5) is 21.1. The number of amides is 1. The molecular formula is C8H14N2O2. The minimum Gasteiger partial charge on any atom is -0.370 e. The van der Waals surface area contributed by atoms with Gasteiger partial charge in [0.15, 0.2) is 5.78 Å². The maximum Gasteiger partial charge on any atom is 0.217 e. The fourth-order valence-corrected chi connectivity index (χ4v) is 0.790. The molecule has 0 rings (SSSR count). The second kappa shape index (κ2) is 5.49. The zero-order valence-corrected chi connectivity index (χ0v) is 6.95. The average Bonchev–Trinajstić information content (AvgIpc) is 2.02. The molecule has 0 aliphatic heterocycles. The summed E-state index contributed by atoms with van der Waals surface area (Å²) in [5.41, 5.74) is 10.3. The largest absolute Gasteiger partial charge is 0.370 e. The molecule has 4 nitrogen and oxygen atoms in total. The summed E-state index contributed by atoms with van der Waals surface area (Å²) in [6, 6.07) is -0.540. The van der Waals surface area contributed by atoms with Crippen LogP contribution in [0.3, 0.4) is 0 Å². The first-order valence-electron chi connectivity index (χ1n) is 3.78. The molecule has 0 aromatic carbocycles. The van der Waals surface area contributed by atoms with Gasteiger partial charge in [0.05, 0.1) is 6.04 Å². The molecule has 4 heteroatoms. The van der Waals surface area contributed by atoms with Gasteiger partial charge in [0.1, 0.15) is 0 Å².